The van der Waals surface area contributed by atoms with Crippen molar-refractivity contribution in [3.05, 3.63) is 0 Å². The molecule has 1 atom stereocenters. The molecule has 2 rings (SSSR count). The molecule has 2 fully saturated rings. The molecule has 5 heteroatoms. The number of carbonyl (C=O) groups excluding carboxylic acids is 1. The SMILES string of the molecule is CC(C)(C)CC(NCCC(=O)N1CCC2(CC1)OCCO2)C(C)(C)C. The number of piperidine rings is 1. The van der Waals surface area contributed by atoms with Crippen molar-refractivity contribution in [2.75, 3.05) is 32.8 Å². The first-order valence-electron chi connectivity index (χ1n) is 9.80. The van der Waals surface area contributed by atoms with Gasteiger partial charge in [-0.25, -0.2) is 0 Å². The van der Waals surface area contributed by atoms with Crippen LogP contribution >= 0.6 is 0 Å². The molecule has 1 spiro atoms. The van der Waals surface area contributed by atoms with Crippen LogP contribution in [0, 0.1) is 10.8 Å². The van der Waals surface area contributed by atoms with E-state index in [4.69, 9.17) is 9.47 Å². The molecule has 0 aromatic carbocycles. The summed E-state index contributed by atoms with van der Waals surface area (Å²) in [5.41, 5.74) is 0.461. The molecule has 0 aliphatic carbocycles. The van der Waals surface area contributed by atoms with Gasteiger partial charge in [0.15, 0.2) is 5.79 Å². The number of nitrogens with zero attached hydrogens (tertiary/aromatic N) is 1. The Bertz CT molecular complexity index is 435. The summed E-state index contributed by atoms with van der Waals surface area (Å²) in [6.45, 7) is 17.2. The topological polar surface area (TPSA) is 50.8 Å². The van der Waals surface area contributed by atoms with Crippen LogP contribution in [0.25, 0.3) is 0 Å². The predicted octanol–water partition coefficient (Wildman–Crippen LogP) is 3.18. The van der Waals surface area contributed by atoms with E-state index in [1.54, 1.807) is 0 Å². The summed E-state index contributed by atoms with van der Waals surface area (Å²) < 4.78 is 11.5. The standard InChI is InChI=1S/C20H38N2O3/c1-18(2,3)15-16(19(4,5)6)21-10-7-17(23)22-11-8-20(9-12-22)24-13-14-25-20/h16,21H,7-15H2,1-6H3. The average molecular weight is 355 g/mol. The largest absolute Gasteiger partial charge is 0.347 e. The molecule has 1 amide bonds. The van der Waals surface area contributed by atoms with Gasteiger partial charge in [0.25, 0.3) is 0 Å². The smallest absolute Gasteiger partial charge is 0.223 e. The highest BCUT2D eigenvalue weighted by Gasteiger charge is 2.40. The second-order valence-electron chi connectivity index (χ2n) is 9.88. The highest BCUT2D eigenvalue weighted by Crippen LogP contribution is 2.32. The van der Waals surface area contributed by atoms with Crippen LogP contribution in [0.4, 0.5) is 0 Å². The van der Waals surface area contributed by atoms with Crippen LogP contribution in [0.1, 0.15) is 67.2 Å². The molecule has 1 unspecified atom stereocenters. The third-order valence-electron chi connectivity index (χ3n) is 5.28. The van der Waals surface area contributed by atoms with Gasteiger partial charge in [-0.15, -0.1) is 0 Å². The van der Waals surface area contributed by atoms with Gasteiger partial charge in [0.05, 0.1) is 13.2 Å². The number of rotatable bonds is 5. The normalized spacial score (nSPS) is 22.4. The Kier molecular flexibility index (Phi) is 6.55. The first kappa shape index (κ1) is 20.7. The maximum Gasteiger partial charge on any atom is 0.223 e. The van der Waals surface area contributed by atoms with Crippen molar-refractivity contribution in [2.45, 2.75) is 79.1 Å². The molecule has 2 heterocycles. The third-order valence-corrected chi connectivity index (χ3v) is 5.28. The van der Waals surface area contributed by atoms with Gasteiger partial charge in [0.2, 0.25) is 5.91 Å². The third kappa shape index (κ3) is 6.22. The zero-order valence-corrected chi connectivity index (χ0v) is 17.1. The lowest BCUT2D eigenvalue weighted by molar-refractivity contribution is -0.187. The highest BCUT2D eigenvalue weighted by atomic mass is 16.7. The lowest BCUT2D eigenvalue weighted by Crippen LogP contribution is -2.48. The van der Waals surface area contributed by atoms with Crippen molar-refractivity contribution in [1.29, 1.82) is 0 Å². The van der Waals surface area contributed by atoms with Crippen molar-refractivity contribution in [1.82, 2.24) is 10.2 Å². The van der Waals surface area contributed by atoms with Crippen LogP contribution in [0.2, 0.25) is 0 Å². The summed E-state index contributed by atoms with van der Waals surface area (Å²) in [4.78, 5) is 14.5. The van der Waals surface area contributed by atoms with Gasteiger partial charge in [0, 0.05) is 44.9 Å². The molecule has 0 aromatic rings. The second kappa shape index (κ2) is 7.93. The van der Waals surface area contributed by atoms with E-state index in [2.05, 4.69) is 46.9 Å². The number of amides is 1. The summed E-state index contributed by atoms with van der Waals surface area (Å²) >= 11 is 0. The van der Waals surface area contributed by atoms with E-state index < -0.39 is 5.79 Å². The van der Waals surface area contributed by atoms with Crippen molar-refractivity contribution < 1.29 is 14.3 Å². The fourth-order valence-electron chi connectivity index (χ4n) is 3.69. The second-order valence-corrected chi connectivity index (χ2v) is 9.88. The molecule has 25 heavy (non-hydrogen) atoms. The minimum absolute atomic E-state index is 0.186. The quantitative estimate of drug-likeness (QED) is 0.824. The Morgan fingerprint density at radius 2 is 1.64 bits per heavy atom. The fraction of sp³-hybridized carbons (Fsp3) is 0.950. The molecule has 5 nitrogen and oxygen atoms in total. The van der Waals surface area contributed by atoms with Gasteiger partial charge in [-0.3, -0.25) is 4.79 Å². The van der Waals surface area contributed by atoms with Crippen LogP contribution in [0.15, 0.2) is 0 Å². The van der Waals surface area contributed by atoms with Crippen LogP contribution in [-0.4, -0.2) is 55.5 Å². The monoisotopic (exact) mass is 354 g/mol. The number of hydrogen-bond acceptors (Lipinski definition) is 4. The van der Waals surface area contributed by atoms with Crippen molar-refractivity contribution in [2.24, 2.45) is 10.8 Å². The zero-order valence-electron chi connectivity index (χ0n) is 17.1. The molecule has 1 N–H and O–H groups in total. The van der Waals surface area contributed by atoms with Crippen LogP contribution in [-0.2, 0) is 14.3 Å². The van der Waals surface area contributed by atoms with Crippen LogP contribution in [0.5, 0.6) is 0 Å². The van der Waals surface area contributed by atoms with E-state index in [1.807, 2.05) is 4.90 Å². The highest BCUT2D eigenvalue weighted by molar-refractivity contribution is 5.76. The molecular formula is C20H38N2O3. The predicted molar refractivity (Wildman–Crippen MR) is 100 cm³/mol. The molecule has 2 aliphatic heterocycles. The number of hydrogen-bond donors (Lipinski definition) is 1. The molecule has 146 valence electrons. The number of ether oxygens (including phenoxy) is 2. The summed E-state index contributed by atoms with van der Waals surface area (Å²) in [5, 5.41) is 3.64. The van der Waals surface area contributed by atoms with Gasteiger partial charge >= 0.3 is 0 Å². The Morgan fingerprint density at radius 3 is 2.12 bits per heavy atom. The lowest BCUT2D eigenvalue weighted by atomic mass is 9.77. The molecule has 0 saturated carbocycles. The van der Waals surface area contributed by atoms with Gasteiger partial charge in [-0.05, 0) is 17.3 Å². The average Bonchev–Trinajstić information content (AvgIpc) is 2.93. The van der Waals surface area contributed by atoms with Gasteiger partial charge in [-0.1, -0.05) is 41.5 Å². The van der Waals surface area contributed by atoms with Crippen molar-refractivity contribution >= 4 is 5.91 Å². The van der Waals surface area contributed by atoms with E-state index >= 15 is 0 Å². The fourth-order valence-corrected chi connectivity index (χ4v) is 3.69. The van der Waals surface area contributed by atoms with Gasteiger partial charge in [-0.2, -0.15) is 0 Å². The van der Waals surface area contributed by atoms with Gasteiger partial charge < -0.3 is 19.7 Å². The van der Waals surface area contributed by atoms with E-state index in [9.17, 15) is 4.79 Å². The van der Waals surface area contributed by atoms with E-state index in [0.29, 0.717) is 25.7 Å². The molecular weight excluding hydrogens is 316 g/mol. The Morgan fingerprint density at radius 1 is 1.08 bits per heavy atom. The first-order chi connectivity index (χ1) is 11.5. The minimum atomic E-state index is -0.404. The number of nitrogens with one attached hydrogen (secondary N) is 1. The summed E-state index contributed by atoms with van der Waals surface area (Å²) in [5.74, 6) is -0.164. The summed E-state index contributed by atoms with van der Waals surface area (Å²) in [6.07, 6.45) is 3.25. The number of carbonyl (C=O) groups is 1. The van der Waals surface area contributed by atoms with Crippen molar-refractivity contribution in [3.63, 3.8) is 0 Å². The minimum Gasteiger partial charge on any atom is -0.347 e. The van der Waals surface area contributed by atoms with Crippen LogP contribution < -0.4 is 5.32 Å². The van der Waals surface area contributed by atoms with E-state index in [1.165, 1.54) is 0 Å². The van der Waals surface area contributed by atoms with E-state index in [0.717, 1.165) is 38.9 Å². The lowest BCUT2D eigenvalue weighted by Gasteiger charge is -2.38. The maximum absolute atomic E-state index is 12.5. The maximum atomic E-state index is 12.5. The van der Waals surface area contributed by atoms with E-state index in [-0.39, 0.29) is 16.7 Å². The summed E-state index contributed by atoms with van der Waals surface area (Å²) in [7, 11) is 0. The zero-order chi connectivity index (χ0) is 18.7. The molecule has 0 bridgehead atoms. The molecule has 2 saturated heterocycles. The molecule has 0 radical (unpaired) electrons. The number of likely N-dealkylation sites (tertiary alicyclic amines) is 1. The Labute approximate surface area is 153 Å². The first-order valence-corrected chi connectivity index (χ1v) is 9.80. The molecule has 0 aromatic heterocycles. The van der Waals surface area contributed by atoms with Gasteiger partial charge in [0.1, 0.15) is 0 Å². The Balaban J connectivity index is 1.75. The molecule has 2 aliphatic rings. The van der Waals surface area contributed by atoms with Crippen LogP contribution in [0.3, 0.4) is 0 Å². The van der Waals surface area contributed by atoms with Crippen molar-refractivity contribution in [3.8, 4) is 0 Å². The summed E-state index contributed by atoms with van der Waals surface area (Å²) in [6, 6.07) is 0.408. The Hall–Kier alpha value is -0.650.